The molecule has 0 heterocycles. The molecule has 0 atom stereocenters. The zero-order chi connectivity index (χ0) is 19.7. The zero-order valence-corrected chi connectivity index (χ0v) is 16.6. The molecule has 0 aromatic rings. The molecule has 0 aromatic heterocycles. The SMILES string of the molecule is CC(C=CC1=C(C)CCCC1(C)C)=CC=CC(C)=CC(=O)OCC(N)=O. The van der Waals surface area contributed by atoms with E-state index in [1.165, 1.54) is 36.5 Å². The molecule has 0 saturated heterocycles. The highest BCUT2D eigenvalue weighted by molar-refractivity contribution is 5.86. The van der Waals surface area contributed by atoms with Crippen LogP contribution in [0, 0.1) is 5.41 Å². The number of primary amides is 1. The fraction of sp³-hybridized carbons (Fsp3) is 0.455. The predicted molar refractivity (Wildman–Crippen MR) is 106 cm³/mol. The minimum atomic E-state index is -0.670. The Labute approximate surface area is 157 Å². The van der Waals surface area contributed by atoms with Gasteiger partial charge in [0.05, 0.1) is 0 Å². The van der Waals surface area contributed by atoms with Crippen molar-refractivity contribution in [2.75, 3.05) is 6.61 Å². The summed E-state index contributed by atoms with van der Waals surface area (Å²) in [5.74, 6) is -1.25. The van der Waals surface area contributed by atoms with Gasteiger partial charge in [-0.15, -0.1) is 0 Å². The first-order valence-corrected chi connectivity index (χ1v) is 8.98. The fourth-order valence-electron chi connectivity index (χ4n) is 3.05. The van der Waals surface area contributed by atoms with Crippen molar-refractivity contribution in [2.45, 2.75) is 53.9 Å². The molecule has 1 aliphatic carbocycles. The average Bonchev–Trinajstić information content (AvgIpc) is 2.51. The summed E-state index contributed by atoms with van der Waals surface area (Å²) >= 11 is 0. The Bertz CT molecular complexity index is 688. The minimum absolute atomic E-state index is 0.236. The number of hydrogen-bond acceptors (Lipinski definition) is 3. The van der Waals surface area contributed by atoms with Gasteiger partial charge in [0.1, 0.15) is 0 Å². The molecule has 26 heavy (non-hydrogen) atoms. The monoisotopic (exact) mass is 357 g/mol. The Hall–Kier alpha value is -2.36. The van der Waals surface area contributed by atoms with E-state index in [2.05, 4.69) is 37.7 Å². The molecule has 0 spiro atoms. The topological polar surface area (TPSA) is 69.4 Å². The number of carbonyl (C=O) groups is 2. The lowest BCUT2D eigenvalue weighted by molar-refractivity contribution is -0.142. The summed E-state index contributed by atoms with van der Waals surface area (Å²) in [5.41, 5.74) is 9.95. The van der Waals surface area contributed by atoms with Crippen molar-refractivity contribution in [3.05, 3.63) is 58.7 Å². The van der Waals surface area contributed by atoms with Gasteiger partial charge in [-0.25, -0.2) is 4.79 Å². The number of ether oxygens (including phenoxy) is 1. The maximum absolute atomic E-state index is 11.5. The molecule has 1 rings (SSSR count). The summed E-state index contributed by atoms with van der Waals surface area (Å²) in [4.78, 5) is 22.0. The molecule has 4 heteroatoms. The second kappa shape index (κ2) is 9.95. The predicted octanol–water partition coefficient (Wildman–Crippen LogP) is 4.55. The van der Waals surface area contributed by atoms with Gasteiger partial charge in [0, 0.05) is 6.08 Å². The van der Waals surface area contributed by atoms with Gasteiger partial charge in [-0.05, 0) is 56.6 Å². The van der Waals surface area contributed by atoms with Crippen molar-refractivity contribution in [3.63, 3.8) is 0 Å². The van der Waals surface area contributed by atoms with Crippen LogP contribution in [0.15, 0.2) is 58.7 Å². The maximum atomic E-state index is 11.5. The Morgan fingerprint density at radius 3 is 2.50 bits per heavy atom. The van der Waals surface area contributed by atoms with E-state index in [1.54, 1.807) is 6.92 Å². The van der Waals surface area contributed by atoms with E-state index in [4.69, 9.17) is 5.73 Å². The van der Waals surface area contributed by atoms with Gasteiger partial charge in [-0.1, -0.05) is 55.4 Å². The summed E-state index contributed by atoms with van der Waals surface area (Å²) in [6, 6.07) is 0. The molecule has 0 unspecified atom stereocenters. The van der Waals surface area contributed by atoms with Crippen LogP contribution >= 0.6 is 0 Å². The van der Waals surface area contributed by atoms with Crippen LogP contribution < -0.4 is 5.73 Å². The minimum Gasteiger partial charge on any atom is -0.452 e. The maximum Gasteiger partial charge on any atom is 0.331 e. The number of esters is 1. The molecule has 2 N–H and O–H groups in total. The van der Waals surface area contributed by atoms with E-state index in [-0.39, 0.29) is 5.41 Å². The molecular weight excluding hydrogens is 326 g/mol. The van der Waals surface area contributed by atoms with Crippen molar-refractivity contribution in [2.24, 2.45) is 11.1 Å². The highest BCUT2D eigenvalue weighted by atomic mass is 16.5. The van der Waals surface area contributed by atoms with Gasteiger partial charge in [-0.2, -0.15) is 0 Å². The number of carbonyl (C=O) groups excluding carboxylic acids is 2. The van der Waals surface area contributed by atoms with E-state index < -0.39 is 18.5 Å². The highest BCUT2D eigenvalue weighted by Gasteiger charge is 2.26. The fourth-order valence-corrected chi connectivity index (χ4v) is 3.05. The lowest BCUT2D eigenvalue weighted by atomic mass is 9.72. The molecule has 1 amide bonds. The summed E-state index contributed by atoms with van der Waals surface area (Å²) in [5, 5.41) is 0. The number of hydrogen-bond donors (Lipinski definition) is 1. The first-order valence-electron chi connectivity index (χ1n) is 8.98. The van der Waals surface area contributed by atoms with Crippen LogP contribution in [-0.4, -0.2) is 18.5 Å². The summed E-state index contributed by atoms with van der Waals surface area (Å²) in [7, 11) is 0. The molecule has 4 nitrogen and oxygen atoms in total. The zero-order valence-electron chi connectivity index (χ0n) is 16.6. The van der Waals surface area contributed by atoms with Gasteiger partial charge in [0.25, 0.3) is 5.91 Å². The van der Waals surface area contributed by atoms with E-state index in [0.717, 1.165) is 11.1 Å². The van der Waals surface area contributed by atoms with Crippen LogP contribution in [0.1, 0.15) is 53.9 Å². The van der Waals surface area contributed by atoms with Gasteiger partial charge >= 0.3 is 5.97 Å². The van der Waals surface area contributed by atoms with Crippen LogP contribution in [0.4, 0.5) is 0 Å². The molecule has 0 radical (unpaired) electrons. The van der Waals surface area contributed by atoms with E-state index in [9.17, 15) is 9.59 Å². The third-order valence-electron chi connectivity index (χ3n) is 4.48. The smallest absolute Gasteiger partial charge is 0.331 e. The quantitative estimate of drug-likeness (QED) is 0.413. The van der Waals surface area contributed by atoms with Crippen molar-refractivity contribution in [3.8, 4) is 0 Å². The number of amides is 1. The first-order chi connectivity index (χ1) is 12.1. The molecule has 0 saturated carbocycles. The summed E-state index contributed by atoms with van der Waals surface area (Å²) in [6.07, 6.45) is 15.1. The summed E-state index contributed by atoms with van der Waals surface area (Å²) < 4.78 is 4.68. The van der Waals surface area contributed by atoms with E-state index >= 15 is 0 Å². The lowest BCUT2D eigenvalue weighted by Crippen LogP contribution is -2.20. The molecule has 0 aromatic carbocycles. The summed E-state index contributed by atoms with van der Waals surface area (Å²) in [6.45, 7) is 10.3. The standard InChI is InChI=1S/C22H31NO3/c1-16(11-12-19-18(3)10-7-13-22(19,4)5)8-6-9-17(2)14-21(25)26-15-20(23)24/h6,8-9,11-12,14H,7,10,13,15H2,1-5H3,(H2,23,24). The molecule has 0 aliphatic heterocycles. The largest absolute Gasteiger partial charge is 0.452 e. The van der Waals surface area contributed by atoms with Crippen molar-refractivity contribution < 1.29 is 14.3 Å². The molecule has 1 aliphatic rings. The van der Waals surface area contributed by atoms with Crippen molar-refractivity contribution in [1.29, 1.82) is 0 Å². The Morgan fingerprint density at radius 1 is 1.19 bits per heavy atom. The number of nitrogens with two attached hydrogens (primary N) is 1. The van der Waals surface area contributed by atoms with Gasteiger partial charge in [0.15, 0.2) is 6.61 Å². The van der Waals surface area contributed by atoms with Crippen LogP contribution in [-0.2, 0) is 14.3 Å². The third-order valence-corrected chi connectivity index (χ3v) is 4.48. The Kier molecular flexibility index (Phi) is 8.30. The van der Waals surface area contributed by atoms with Crippen LogP contribution in [0.3, 0.4) is 0 Å². The Balaban J connectivity index is 2.69. The van der Waals surface area contributed by atoms with E-state index in [1.807, 2.05) is 25.2 Å². The van der Waals surface area contributed by atoms with Crippen LogP contribution in [0.5, 0.6) is 0 Å². The number of rotatable bonds is 7. The van der Waals surface area contributed by atoms with Crippen LogP contribution in [0.25, 0.3) is 0 Å². The molecule has 0 bridgehead atoms. The number of allylic oxidation sites excluding steroid dienone is 9. The van der Waals surface area contributed by atoms with Crippen molar-refractivity contribution in [1.82, 2.24) is 0 Å². The van der Waals surface area contributed by atoms with Crippen molar-refractivity contribution >= 4 is 11.9 Å². The molecule has 0 fully saturated rings. The normalized spacial score (nSPS) is 18.7. The molecule has 142 valence electrons. The Morgan fingerprint density at radius 2 is 1.88 bits per heavy atom. The first kappa shape index (κ1) is 21.7. The lowest BCUT2D eigenvalue weighted by Gasteiger charge is -2.32. The van der Waals surface area contributed by atoms with Crippen LogP contribution in [0.2, 0.25) is 0 Å². The van der Waals surface area contributed by atoms with E-state index in [0.29, 0.717) is 0 Å². The average molecular weight is 357 g/mol. The third kappa shape index (κ3) is 7.68. The second-order valence-corrected chi connectivity index (χ2v) is 7.50. The molecular formula is C22H31NO3. The second-order valence-electron chi connectivity index (χ2n) is 7.50. The van der Waals surface area contributed by atoms with Gasteiger partial charge in [-0.3, -0.25) is 4.79 Å². The van der Waals surface area contributed by atoms with Gasteiger partial charge in [0.2, 0.25) is 0 Å². The highest BCUT2D eigenvalue weighted by Crippen LogP contribution is 2.40. The van der Waals surface area contributed by atoms with Gasteiger partial charge < -0.3 is 10.5 Å².